The topological polar surface area (TPSA) is 88.7 Å². The van der Waals surface area contributed by atoms with Gasteiger partial charge < -0.3 is 14.4 Å². The molecule has 4 rings (SSSR count). The van der Waals surface area contributed by atoms with Gasteiger partial charge in [0.15, 0.2) is 5.82 Å². The molecule has 0 atom stereocenters. The second-order valence-electron chi connectivity index (χ2n) is 7.70. The van der Waals surface area contributed by atoms with Gasteiger partial charge in [-0.05, 0) is 49.9 Å². The van der Waals surface area contributed by atoms with E-state index >= 15 is 0 Å². The zero-order valence-corrected chi connectivity index (χ0v) is 17.1. The highest BCUT2D eigenvalue weighted by Gasteiger charge is 2.29. The number of piperidine rings is 1. The van der Waals surface area contributed by atoms with Crippen LogP contribution < -0.4 is 4.90 Å². The lowest BCUT2D eigenvalue weighted by molar-refractivity contribution is -0.324. The number of carboxylic acid groups (broad SMARTS) is 1. The number of benzene rings is 1. The number of fused-ring (bicyclic) bond motifs is 1. The molecule has 0 aliphatic carbocycles. The summed E-state index contributed by atoms with van der Waals surface area (Å²) in [5.41, 5.74) is 2.76. The first-order valence-electron chi connectivity index (χ1n) is 10.3. The van der Waals surface area contributed by atoms with Gasteiger partial charge >= 0.3 is 12.3 Å². The maximum Gasteiger partial charge on any atom is 0.522 e. The fraction of sp³-hybridized carbons (Fsp3) is 0.409. The lowest BCUT2D eigenvalue weighted by Crippen LogP contribution is -2.37. The monoisotopic (exact) mass is 449 g/mol. The van der Waals surface area contributed by atoms with Gasteiger partial charge in [-0.2, -0.15) is 0 Å². The number of nitrogens with zero attached hydrogens (tertiary/aromatic N) is 3. The minimum Gasteiger partial charge on any atom is -0.481 e. The largest absolute Gasteiger partial charge is 0.522 e. The quantitative estimate of drug-likeness (QED) is 0.525. The van der Waals surface area contributed by atoms with Crippen molar-refractivity contribution in [2.24, 2.45) is 5.92 Å². The van der Waals surface area contributed by atoms with Gasteiger partial charge in [0.2, 0.25) is 0 Å². The highest BCUT2D eigenvalue weighted by Crippen LogP contribution is 2.32. The van der Waals surface area contributed by atoms with E-state index in [9.17, 15) is 23.1 Å². The lowest BCUT2D eigenvalue weighted by Gasteiger charge is -2.32. The summed E-state index contributed by atoms with van der Waals surface area (Å²) in [5, 5.41) is 10.2. The average Bonchev–Trinajstić information content (AvgIpc) is 3.24. The standard InChI is InChI=1S/C22H22F3N3O4/c23-22(24,25)32-10-1-2-17-13-26-19(16-3-4-18-15(12-16)7-11-31-18)20(27-17)28-8-5-14(6-9-28)21(29)30/h3-4,7,11-14H,1-2,5-6,8-10H2,(H,29,30). The van der Waals surface area contributed by atoms with Crippen molar-refractivity contribution < 1.29 is 32.2 Å². The first-order chi connectivity index (χ1) is 15.3. The molecule has 1 aromatic carbocycles. The number of aryl methyl sites for hydroxylation is 1. The lowest BCUT2D eigenvalue weighted by atomic mass is 9.96. The van der Waals surface area contributed by atoms with Gasteiger partial charge in [0, 0.05) is 30.2 Å². The van der Waals surface area contributed by atoms with Gasteiger partial charge in [-0.3, -0.25) is 14.5 Å². The molecule has 7 nitrogen and oxygen atoms in total. The first-order valence-corrected chi connectivity index (χ1v) is 10.3. The number of hydrogen-bond donors (Lipinski definition) is 1. The van der Waals surface area contributed by atoms with Crippen LogP contribution in [0.4, 0.5) is 19.0 Å². The van der Waals surface area contributed by atoms with Crippen molar-refractivity contribution in [1.82, 2.24) is 9.97 Å². The summed E-state index contributed by atoms with van der Waals surface area (Å²) < 4.78 is 45.8. The minimum atomic E-state index is -4.65. The van der Waals surface area contributed by atoms with Crippen LogP contribution in [0.2, 0.25) is 0 Å². The third kappa shape index (κ3) is 5.18. The van der Waals surface area contributed by atoms with E-state index in [-0.39, 0.29) is 12.8 Å². The molecule has 1 N–H and O–H groups in total. The summed E-state index contributed by atoms with van der Waals surface area (Å²) in [6, 6.07) is 7.50. The number of aliphatic carboxylic acids is 1. The summed E-state index contributed by atoms with van der Waals surface area (Å²) >= 11 is 0. The zero-order chi connectivity index (χ0) is 22.7. The van der Waals surface area contributed by atoms with Crippen LogP contribution in [-0.2, 0) is 16.0 Å². The fourth-order valence-corrected chi connectivity index (χ4v) is 3.85. The van der Waals surface area contributed by atoms with E-state index in [4.69, 9.17) is 9.40 Å². The van der Waals surface area contributed by atoms with E-state index in [2.05, 4.69) is 9.72 Å². The van der Waals surface area contributed by atoms with E-state index in [1.165, 1.54) is 0 Å². The number of furan rings is 1. The van der Waals surface area contributed by atoms with Crippen LogP contribution >= 0.6 is 0 Å². The third-order valence-corrected chi connectivity index (χ3v) is 5.52. The van der Waals surface area contributed by atoms with E-state index in [0.717, 1.165) is 16.5 Å². The Morgan fingerprint density at radius 1 is 1.25 bits per heavy atom. The van der Waals surface area contributed by atoms with Crippen molar-refractivity contribution in [2.45, 2.75) is 32.0 Å². The van der Waals surface area contributed by atoms with Crippen molar-refractivity contribution in [2.75, 3.05) is 24.6 Å². The van der Waals surface area contributed by atoms with Crippen LogP contribution in [0.25, 0.3) is 22.2 Å². The molecule has 170 valence electrons. The van der Waals surface area contributed by atoms with E-state index < -0.39 is 24.9 Å². The maximum atomic E-state index is 12.2. The number of carbonyl (C=O) groups is 1. The summed E-state index contributed by atoms with van der Waals surface area (Å²) in [6.07, 6.45) is -0.0831. The Kier molecular flexibility index (Phi) is 6.31. The summed E-state index contributed by atoms with van der Waals surface area (Å²) in [7, 11) is 0. The summed E-state index contributed by atoms with van der Waals surface area (Å²) in [6.45, 7) is 0.559. The molecular formula is C22H22F3N3O4. The number of halogens is 3. The summed E-state index contributed by atoms with van der Waals surface area (Å²) in [4.78, 5) is 22.6. The van der Waals surface area contributed by atoms with Crippen LogP contribution in [0, 0.1) is 5.92 Å². The Hall–Kier alpha value is -3.14. The highest BCUT2D eigenvalue weighted by atomic mass is 19.4. The molecule has 0 saturated carbocycles. The van der Waals surface area contributed by atoms with Gasteiger partial charge in [-0.15, -0.1) is 13.2 Å². The molecule has 0 spiro atoms. The Bertz CT molecular complexity index is 1090. The zero-order valence-electron chi connectivity index (χ0n) is 17.1. The van der Waals surface area contributed by atoms with E-state index in [1.54, 1.807) is 12.5 Å². The van der Waals surface area contributed by atoms with Crippen LogP contribution in [-0.4, -0.2) is 47.1 Å². The molecular weight excluding hydrogens is 427 g/mol. The number of anilines is 1. The van der Waals surface area contributed by atoms with Crippen molar-refractivity contribution in [3.05, 3.63) is 42.4 Å². The normalized spacial score (nSPS) is 15.4. The van der Waals surface area contributed by atoms with Gasteiger partial charge in [0.05, 0.1) is 24.5 Å². The maximum absolute atomic E-state index is 12.2. The molecule has 0 radical (unpaired) electrons. The second-order valence-corrected chi connectivity index (χ2v) is 7.70. The van der Waals surface area contributed by atoms with Gasteiger partial charge in [-0.1, -0.05) is 0 Å². The van der Waals surface area contributed by atoms with Crippen molar-refractivity contribution in [3.8, 4) is 11.3 Å². The van der Waals surface area contributed by atoms with Crippen LogP contribution in [0.3, 0.4) is 0 Å². The average molecular weight is 449 g/mol. The molecule has 0 amide bonds. The molecule has 1 saturated heterocycles. The number of ether oxygens (including phenoxy) is 1. The number of alkyl halides is 3. The van der Waals surface area contributed by atoms with E-state index in [1.807, 2.05) is 29.2 Å². The van der Waals surface area contributed by atoms with Crippen molar-refractivity contribution >= 4 is 22.8 Å². The van der Waals surface area contributed by atoms with Gasteiger partial charge in [-0.25, -0.2) is 4.98 Å². The third-order valence-electron chi connectivity index (χ3n) is 5.52. The second kappa shape index (κ2) is 9.15. The minimum absolute atomic E-state index is 0.148. The van der Waals surface area contributed by atoms with Crippen LogP contribution in [0.1, 0.15) is 25.0 Å². The number of hydrogen-bond acceptors (Lipinski definition) is 6. The molecule has 3 heterocycles. The Balaban J connectivity index is 1.59. The molecule has 1 aliphatic heterocycles. The Labute approximate surface area is 181 Å². The molecule has 1 aliphatic rings. The smallest absolute Gasteiger partial charge is 0.481 e. The predicted octanol–water partition coefficient (Wildman–Crippen LogP) is 4.66. The number of carboxylic acids is 1. The van der Waals surface area contributed by atoms with Crippen LogP contribution in [0.15, 0.2) is 41.1 Å². The first kappa shape index (κ1) is 22.1. The predicted molar refractivity (Wildman–Crippen MR) is 110 cm³/mol. The van der Waals surface area contributed by atoms with Crippen molar-refractivity contribution in [1.29, 1.82) is 0 Å². The molecule has 0 bridgehead atoms. The Morgan fingerprint density at radius 2 is 2.03 bits per heavy atom. The van der Waals surface area contributed by atoms with Gasteiger partial charge in [0.25, 0.3) is 0 Å². The van der Waals surface area contributed by atoms with Crippen molar-refractivity contribution in [3.63, 3.8) is 0 Å². The highest BCUT2D eigenvalue weighted by molar-refractivity contribution is 5.85. The Morgan fingerprint density at radius 3 is 2.75 bits per heavy atom. The molecule has 0 unspecified atom stereocenters. The van der Waals surface area contributed by atoms with E-state index in [0.29, 0.717) is 43.1 Å². The number of rotatable bonds is 7. The SMILES string of the molecule is O=C(O)C1CCN(c2nc(CCCOC(F)(F)F)cnc2-c2ccc3occc3c2)CC1. The summed E-state index contributed by atoms with van der Waals surface area (Å²) in [5.74, 6) is -0.599. The van der Waals surface area contributed by atoms with Gasteiger partial charge in [0.1, 0.15) is 11.3 Å². The molecule has 3 aromatic rings. The number of aromatic nitrogens is 2. The molecule has 2 aromatic heterocycles. The van der Waals surface area contributed by atoms with Crippen LogP contribution in [0.5, 0.6) is 0 Å². The fourth-order valence-electron chi connectivity index (χ4n) is 3.85. The molecule has 10 heteroatoms. The molecule has 1 fully saturated rings. The molecule has 32 heavy (non-hydrogen) atoms.